The van der Waals surface area contributed by atoms with Crippen LogP contribution >= 0.6 is 0 Å². The second-order valence-electron chi connectivity index (χ2n) is 25.0. The lowest BCUT2D eigenvalue weighted by atomic mass is 9.77. The maximum Gasteiger partial charge on any atom is 0.416 e. The normalized spacial score (nSPS) is 14.7. The van der Waals surface area contributed by atoms with E-state index in [1.165, 1.54) is 78.1 Å². The van der Waals surface area contributed by atoms with Gasteiger partial charge in [0.1, 0.15) is 42.7 Å². The molecule has 2 amide bonds. The van der Waals surface area contributed by atoms with Crippen LogP contribution < -0.4 is 31.1 Å². The van der Waals surface area contributed by atoms with Gasteiger partial charge in [-0.3, -0.25) is 24.0 Å². The Kier molecular flexibility index (Phi) is 19.7. The fourth-order valence-electron chi connectivity index (χ4n) is 12.1. The minimum atomic E-state index is -4.99. The number of anilines is 4. The topological polar surface area (TPSA) is 253 Å². The highest BCUT2D eigenvalue weighted by molar-refractivity contribution is 6.11. The van der Waals surface area contributed by atoms with E-state index in [2.05, 4.69) is 51.6 Å². The summed E-state index contributed by atoms with van der Waals surface area (Å²) in [6, 6.07) is 19.6. The summed E-state index contributed by atoms with van der Waals surface area (Å²) in [5.41, 5.74) is -7.42. The van der Waals surface area contributed by atoms with Gasteiger partial charge >= 0.3 is 24.7 Å². The standard InChI is InChI=1S/C67H62F12N16O4/c1-62(2,98)33-82-29-38-19-48-50(52(21-38)66(74,75)76)31-94(60(48)96)57-26-41(24-55(89-57)84-18-7-5-16-81)47-28-43(65(71,72)73)10-12-45(47)59-91-87-36-93(59)37-99-34-63(13-8-14-63)85-30-39-20-49-51(53(22-39)67(77,78)79)32-95(61(49)97)56-25-40(23-54(88-56)83-17-6-4-15-80)46-27-42(64(68,69)70)9-11-44(46)58-90-86-35-92(58)3/h9-12,19-28,35-36,82,85,98H,4-8,13-14,17-18,29-34,37H2,1-3H3,(H,83,88)(H,84,89). The number of aliphatic hydroxyl groups is 1. The first-order valence-electron chi connectivity index (χ1n) is 31.1. The number of benzene rings is 4. The Morgan fingerprint density at radius 3 is 1.53 bits per heavy atom. The molecular formula is C67H62F12N16O4. The number of hydrogen-bond acceptors (Lipinski definition) is 16. The molecule has 0 unspecified atom stereocenters. The molecule has 518 valence electrons. The zero-order chi connectivity index (χ0) is 71.0. The van der Waals surface area contributed by atoms with Crippen molar-refractivity contribution in [2.75, 3.05) is 46.7 Å². The van der Waals surface area contributed by atoms with E-state index in [1.54, 1.807) is 7.05 Å². The average molecular weight is 1380 g/mol. The van der Waals surface area contributed by atoms with Gasteiger partial charge in [0.15, 0.2) is 11.6 Å². The number of pyridine rings is 2. The number of ether oxygens (including phenoxy) is 1. The van der Waals surface area contributed by atoms with Gasteiger partial charge in [0.25, 0.3) is 11.8 Å². The van der Waals surface area contributed by atoms with Crippen molar-refractivity contribution < 1.29 is 72.1 Å². The molecule has 0 radical (unpaired) electrons. The molecule has 0 saturated heterocycles. The van der Waals surface area contributed by atoms with Crippen molar-refractivity contribution in [2.24, 2.45) is 7.05 Å². The molecule has 3 aliphatic rings. The molecule has 20 nitrogen and oxygen atoms in total. The van der Waals surface area contributed by atoms with Crippen molar-refractivity contribution in [2.45, 2.75) is 128 Å². The van der Waals surface area contributed by atoms with Crippen LogP contribution in [-0.2, 0) is 69.4 Å². The van der Waals surface area contributed by atoms with Crippen molar-refractivity contribution in [1.29, 1.82) is 10.5 Å². The van der Waals surface area contributed by atoms with Crippen LogP contribution in [-0.4, -0.2) is 93.8 Å². The first kappa shape index (κ1) is 70.3. The molecule has 2 aliphatic heterocycles. The van der Waals surface area contributed by atoms with Crippen molar-refractivity contribution in [3.63, 3.8) is 0 Å². The number of nitrogens with one attached hydrogen (secondary N) is 4. The molecule has 4 aromatic carbocycles. The second kappa shape index (κ2) is 27.7. The molecule has 1 saturated carbocycles. The highest BCUT2D eigenvalue weighted by atomic mass is 19.4. The van der Waals surface area contributed by atoms with Crippen molar-refractivity contribution in [3.8, 4) is 57.2 Å². The predicted octanol–water partition coefficient (Wildman–Crippen LogP) is 13.2. The number of carbonyl (C=O) groups is 2. The third-order valence-corrected chi connectivity index (χ3v) is 17.1. The Bertz CT molecular complexity index is 4460. The maximum atomic E-state index is 15.3. The molecule has 11 rings (SSSR count). The fourth-order valence-corrected chi connectivity index (χ4v) is 12.1. The fraction of sp³-hybridized carbons (Fsp3) is 0.373. The lowest BCUT2D eigenvalue weighted by Gasteiger charge is -2.42. The van der Waals surface area contributed by atoms with Crippen molar-refractivity contribution in [3.05, 3.63) is 153 Å². The zero-order valence-electron chi connectivity index (χ0n) is 53.1. The summed E-state index contributed by atoms with van der Waals surface area (Å²) >= 11 is 0. The number of fused-ring (bicyclic) bond motifs is 2. The van der Waals surface area contributed by atoms with Gasteiger partial charge in [0.2, 0.25) is 0 Å². The number of nitriles is 2. The van der Waals surface area contributed by atoms with E-state index in [-0.39, 0.29) is 167 Å². The third kappa shape index (κ3) is 15.6. The van der Waals surface area contributed by atoms with E-state index in [4.69, 9.17) is 4.74 Å². The van der Waals surface area contributed by atoms with Gasteiger partial charge in [-0.25, -0.2) is 9.97 Å². The van der Waals surface area contributed by atoms with Crippen molar-refractivity contribution in [1.82, 2.24) is 50.1 Å². The van der Waals surface area contributed by atoms with Gasteiger partial charge < -0.3 is 35.7 Å². The number of halogens is 12. The minimum absolute atomic E-state index is 0.00196. The quantitative estimate of drug-likeness (QED) is 0.0263. The Morgan fingerprint density at radius 2 is 1.08 bits per heavy atom. The lowest BCUT2D eigenvalue weighted by molar-refractivity contribution is -0.139. The number of aryl methyl sites for hydroxylation is 1. The van der Waals surface area contributed by atoms with Gasteiger partial charge in [-0.15, -0.1) is 20.4 Å². The number of aromatic nitrogens is 8. The summed E-state index contributed by atoms with van der Waals surface area (Å²) in [6.07, 6.45) is -14.6. The molecule has 0 bridgehead atoms. The SMILES string of the molecule is Cn1cnnc1-c1ccc(C(F)(F)F)cc1-c1cc(NCCCC#N)nc(N2Cc3c(cc(CNC4(COCn5cnnc5-c5ccc(C(F)(F)F)cc5-c5cc(NCCCC#N)nc(N6Cc7c(cc(CNCC(C)(C)O)cc7C(F)(F)F)C6=O)c5)CCC4)cc3C(F)(F)F)C2=O)c1. The highest BCUT2D eigenvalue weighted by Crippen LogP contribution is 2.46. The number of carbonyl (C=O) groups excluding carboxylic acids is 2. The number of hydrogen-bond donors (Lipinski definition) is 5. The minimum Gasteiger partial charge on any atom is -0.389 e. The maximum absolute atomic E-state index is 15.3. The molecule has 4 aromatic heterocycles. The van der Waals surface area contributed by atoms with Crippen LogP contribution in [0.5, 0.6) is 0 Å². The Morgan fingerprint density at radius 1 is 0.596 bits per heavy atom. The third-order valence-electron chi connectivity index (χ3n) is 17.1. The number of nitrogens with zero attached hydrogens (tertiary/aromatic N) is 12. The molecule has 0 atom stereocenters. The van der Waals surface area contributed by atoms with Gasteiger partial charge in [-0.05, 0) is 175 Å². The molecule has 0 spiro atoms. The summed E-state index contributed by atoms with van der Waals surface area (Å²) in [7, 11) is 1.58. The van der Waals surface area contributed by atoms with Crippen LogP contribution in [0.4, 0.5) is 76.0 Å². The Balaban J connectivity index is 0.855. The van der Waals surface area contributed by atoms with E-state index in [0.29, 0.717) is 25.7 Å². The van der Waals surface area contributed by atoms with Gasteiger partial charge in [-0.2, -0.15) is 63.2 Å². The summed E-state index contributed by atoms with van der Waals surface area (Å²) in [4.78, 5) is 40.0. The summed E-state index contributed by atoms with van der Waals surface area (Å²) in [5.74, 6) is -2.01. The first-order chi connectivity index (χ1) is 46.8. The molecule has 1 aliphatic carbocycles. The average Bonchev–Trinajstić information content (AvgIpc) is 1.70. The van der Waals surface area contributed by atoms with E-state index < -0.39 is 83.0 Å². The van der Waals surface area contributed by atoms with E-state index in [9.17, 15) is 64.7 Å². The number of amides is 2. The predicted molar refractivity (Wildman–Crippen MR) is 336 cm³/mol. The number of unbranched alkanes of at least 4 members (excludes halogenated alkanes) is 2. The van der Waals surface area contributed by atoms with Crippen LogP contribution in [0.25, 0.3) is 45.0 Å². The van der Waals surface area contributed by atoms with E-state index in [0.717, 1.165) is 52.3 Å². The molecule has 6 heterocycles. The molecule has 1 fully saturated rings. The van der Waals surface area contributed by atoms with Gasteiger partial charge in [0, 0.05) is 80.4 Å². The lowest BCUT2D eigenvalue weighted by Crippen LogP contribution is -2.54. The van der Waals surface area contributed by atoms with Crippen LogP contribution in [0.1, 0.15) is 124 Å². The van der Waals surface area contributed by atoms with Crippen LogP contribution in [0.2, 0.25) is 0 Å². The van der Waals surface area contributed by atoms with Crippen LogP contribution in [0.3, 0.4) is 0 Å². The van der Waals surface area contributed by atoms with E-state index >= 15 is 13.2 Å². The second-order valence-corrected chi connectivity index (χ2v) is 25.0. The smallest absolute Gasteiger partial charge is 0.389 e. The number of rotatable bonds is 25. The zero-order valence-corrected chi connectivity index (χ0v) is 53.1. The monoisotopic (exact) mass is 1380 g/mol. The van der Waals surface area contributed by atoms with Crippen molar-refractivity contribution >= 4 is 35.1 Å². The van der Waals surface area contributed by atoms with Crippen LogP contribution in [0, 0.1) is 22.7 Å². The van der Waals surface area contributed by atoms with Gasteiger partial charge in [-0.1, -0.05) is 0 Å². The summed E-state index contributed by atoms with van der Waals surface area (Å²) < 4.78 is 187. The number of alkyl halides is 12. The first-order valence-corrected chi connectivity index (χ1v) is 31.1. The molecule has 8 aromatic rings. The molecule has 5 N–H and O–H groups in total. The van der Waals surface area contributed by atoms with Crippen LogP contribution in [0.15, 0.2) is 97.6 Å². The highest BCUT2D eigenvalue weighted by Gasteiger charge is 2.44. The summed E-state index contributed by atoms with van der Waals surface area (Å²) in [5, 5.41) is 57.1. The van der Waals surface area contributed by atoms with Gasteiger partial charge in [0.05, 0.1) is 59.7 Å². The Hall–Kier alpha value is -10.0. The molecule has 32 heteroatoms. The van der Waals surface area contributed by atoms with E-state index in [1.807, 2.05) is 12.1 Å². The largest absolute Gasteiger partial charge is 0.416 e. The molecule has 99 heavy (non-hydrogen) atoms. The molecular weight excluding hydrogens is 1320 g/mol. The summed E-state index contributed by atoms with van der Waals surface area (Å²) in [6.45, 7) is 1.24. The Labute approximate surface area is 557 Å².